The van der Waals surface area contributed by atoms with Crippen molar-refractivity contribution in [2.75, 3.05) is 13.3 Å². The van der Waals surface area contributed by atoms with E-state index in [4.69, 9.17) is 13.9 Å². The van der Waals surface area contributed by atoms with Crippen LogP contribution in [-0.4, -0.2) is 24.1 Å². The van der Waals surface area contributed by atoms with Crippen molar-refractivity contribution in [3.8, 4) is 11.5 Å². The summed E-state index contributed by atoms with van der Waals surface area (Å²) in [5.41, 5.74) is 2.20. The molecular weight excluding hydrogens is 342 g/mol. The minimum atomic E-state index is -0.121. The number of hydrogen-bond acceptors (Lipinski definition) is 4. The van der Waals surface area contributed by atoms with Crippen LogP contribution in [-0.2, 0) is 13.0 Å². The second-order valence-electron chi connectivity index (χ2n) is 6.44. The quantitative estimate of drug-likeness (QED) is 0.629. The highest BCUT2D eigenvalue weighted by atomic mass is 16.7. The van der Waals surface area contributed by atoms with Crippen molar-refractivity contribution in [3.63, 3.8) is 0 Å². The van der Waals surface area contributed by atoms with Gasteiger partial charge in [-0.15, -0.1) is 0 Å². The van der Waals surface area contributed by atoms with E-state index in [2.05, 4.69) is 12.1 Å². The van der Waals surface area contributed by atoms with E-state index in [9.17, 15) is 4.79 Å². The average molecular weight is 363 g/mol. The van der Waals surface area contributed by atoms with Gasteiger partial charge in [-0.1, -0.05) is 42.5 Å². The Morgan fingerprint density at radius 1 is 0.963 bits per heavy atom. The summed E-state index contributed by atoms with van der Waals surface area (Å²) in [6, 6.07) is 19.5. The Balaban J connectivity index is 1.49. The van der Waals surface area contributed by atoms with Crippen LogP contribution in [0.1, 0.15) is 28.1 Å². The van der Waals surface area contributed by atoms with E-state index in [-0.39, 0.29) is 12.7 Å². The van der Waals surface area contributed by atoms with Crippen molar-refractivity contribution < 1.29 is 18.7 Å². The molecule has 0 fully saturated rings. The van der Waals surface area contributed by atoms with E-state index >= 15 is 0 Å². The number of carbonyl (C=O) groups is 1. The van der Waals surface area contributed by atoms with Gasteiger partial charge in [0.1, 0.15) is 0 Å². The number of benzene rings is 2. The van der Waals surface area contributed by atoms with Gasteiger partial charge in [0.15, 0.2) is 17.3 Å². The van der Waals surface area contributed by atoms with Crippen molar-refractivity contribution in [2.24, 2.45) is 0 Å². The van der Waals surface area contributed by atoms with E-state index < -0.39 is 0 Å². The standard InChI is InChI=1S/C22H21NO4/c24-22(20-12-6-14-25-20)23(13-5-9-17-7-2-1-3-8-17)15-18-10-4-11-19-21(18)27-16-26-19/h1-4,6-8,10-12,14H,5,9,13,15-16H2. The Hall–Kier alpha value is -3.21. The van der Waals surface area contributed by atoms with E-state index in [1.54, 1.807) is 17.0 Å². The summed E-state index contributed by atoms with van der Waals surface area (Å²) in [6.07, 6.45) is 3.30. The fourth-order valence-corrected chi connectivity index (χ4v) is 3.25. The van der Waals surface area contributed by atoms with Crippen LogP contribution in [0.5, 0.6) is 11.5 Å². The van der Waals surface area contributed by atoms with E-state index in [1.165, 1.54) is 11.8 Å². The van der Waals surface area contributed by atoms with E-state index in [0.29, 0.717) is 18.8 Å². The van der Waals surface area contributed by atoms with Crippen LogP contribution in [0, 0.1) is 0 Å². The molecule has 0 unspecified atom stereocenters. The summed E-state index contributed by atoms with van der Waals surface area (Å²) in [5, 5.41) is 0. The molecular formula is C22H21NO4. The van der Waals surface area contributed by atoms with Crippen LogP contribution in [0.3, 0.4) is 0 Å². The molecule has 0 spiro atoms. The second kappa shape index (κ2) is 7.99. The normalized spacial score (nSPS) is 12.1. The molecule has 4 rings (SSSR count). The molecule has 27 heavy (non-hydrogen) atoms. The monoisotopic (exact) mass is 363 g/mol. The molecule has 0 bridgehead atoms. The van der Waals surface area contributed by atoms with E-state index in [0.717, 1.165) is 29.9 Å². The minimum absolute atomic E-state index is 0.121. The molecule has 0 aliphatic carbocycles. The van der Waals surface area contributed by atoms with Gasteiger partial charge in [-0.25, -0.2) is 0 Å². The summed E-state index contributed by atoms with van der Waals surface area (Å²) in [4.78, 5) is 14.7. The van der Waals surface area contributed by atoms with Gasteiger partial charge in [0.05, 0.1) is 6.26 Å². The lowest BCUT2D eigenvalue weighted by atomic mass is 10.1. The maximum Gasteiger partial charge on any atom is 0.289 e. The average Bonchev–Trinajstić information content (AvgIpc) is 3.39. The maximum absolute atomic E-state index is 12.9. The Bertz CT molecular complexity index is 890. The lowest BCUT2D eigenvalue weighted by molar-refractivity contribution is 0.0707. The van der Waals surface area contributed by atoms with Crippen LogP contribution < -0.4 is 9.47 Å². The second-order valence-corrected chi connectivity index (χ2v) is 6.44. The maximum atomic E-state index is 12.9. The SMILES string of the molecule is O=C(c1ccco1)N(CCCc1ccccc1)Cc1cccc2c1OCO2. The van der Waals surface area contributed by atoms with E-state index in [1.807, 2.05) is 36.4 Å². The van der Waals surface area contributed by atoms with Gasteiger partial charge < -0.3 is 18.8 Å². The Morgan fingerprint density at radius 2 is 1.85 bits per heavy atom. The molecule has 1 aromatic heterocycles. The summed E-state index contributed by atoms with van der Waals surface area (Å²) < 4.78 is 16.4. The van der Waals surface area contributed by atoms with Gasteiger partial charge in [-0.05, 0) is 36.6 Å². The minimum Gasteiger partial charge on any atom is -0.459 e. The summed E-state index contributed by atoms with van der Waals surface area (Å²) >= 11 is 0. The number of hydrogen-bond donors (Lipinski definition) is 0. The van der Waals surface area contributed by atoms with Gasteiger partial charge in [-0.3, -0.25) is 4.79 Å². The van der Waals surface area contributed by atoms with Crippen molar-refractivity contribution in [1.82, 2.24) is 4.90 Å². The molecule has 0 atom stereocenters. The summed E-state index contributed by atoms with van der Waals surface area (Å²) in [5.74, 6) is 1.67. The molecule has 0 saturated heterocycles. The lowest BCUT2D eigenvalue weighted by Crippen LogP contribution is -2.31. The summed E-state index contributed by atoms with van der Waals surface area (Å²) in [6.45, 7) is 1.28. The molecule has 1 amide bonds. The van der Waals surface area contributed by atoms with Crippen LogP contribution in [0.15, 0.2) is 71.3 Å². The number of ether oxygens (including phenoxy) is 2. The van der Waals surface area contributed by atoms with Crippen LogP contribution in [0.4, 0.5) is 0 Å². The number of amides is 1. The Morgan fingerprint density at radius 3 is 2.67 bits per heavy atom. The first-order valence-electron chi connectivity index (χ1n) is 9.05. The van der Waals surface area contributed by atoms with Gasteiger partial charge in [0.2, 0.25) is 6.79 Å². The first kappa shape index (κ1) is 17.2. The van der Waals surface area contributed by atoms with Crippen molar-refractivity contribution in [2.45, 2.75) is 19.4 Å². The third-order valence-electron chi connectivity index (χ3n) is 4.59. The Kier molecular flexibility index (Phi) is 5.10. The molecule has 5 heteroatoms. The third-order valence-corrected chi connectivity index (χ3v) is 4.59. The largest absolute Gasteiger partial charge is 0.459 e. The van der Waals surface area contributed by atoms with Crippen molar-refractivity contribution >= 4 is 5.91 Å². The number of rotatable bonds is 7. The fourth-order valence-electron chi connectivity index (χ4n) is 3.25. The zero-order chi connectivity index (χ0) is 18.5. The molecule has 2 aromatic carbocycles. The number of nitrogens with zero attached hydrogens (tertiary/aromatic N) is 1. The van der Waals surface area contributed by atoms with Crippen molar-refractivity contribution in [1.29, 1.82) is 0 Å². The third kappa shape index (κ3) is 3.97. The molecule has 2 heterocycles. The molecule has 0 radical (unpaired) electrons. The zero-order valence-electron chi connectivity index (χ0n) is 15.0. The number of para-hydroxylation sites is 1. The van der Waals surface area contributed by atoms with Gasteiger partial charge >= 0.3 is 0 Å². The number of fused-ring (bicyclic) bond motifs is 1. The highest BCUT2D eigenvalue weighted by Crippen LogP contribution is 2.36. The summed E-state index contributed by atoms with van der Waals surface area (Å²) in [7, 11) is 0. The lowest BCUT2D eigenvalue weighted by Gasteiger charge is -2.22. The number of carbonyl (C=O) groups excluding carboxylic acids is 1. The number of furan rings is 1. The van der Waals surface area contributed by atoms with Gasteiger partial charge in [0, 0.05) is 18.7 Å². The first-order chi connectivity index (χ1) is 13.3. The fraction of sp³-hybridized carbons (Fsp3) is 0.227. The molecule has 138 valence electrons. The van der Waals surface area contributed by atoms with Gasteiger partial charge in [-0.2, -0.15) is 0 Å². The molecule has 0 saturated carbocycles. The van der Waals surface area contributed by atoms with Crippen LogP contribution >= 0.6 is 0 Å². The Labute approximate surface area is 158 Å². The first-order valence-corrected chi connectivity index (χ1v) is 9.05. The van der Waals surface area contributed by atoms with Crippen LogP contribution in [0.2, 0.25) is 0 Å². The highest BCUT2D eigenvalue weighted by molar-refractivity contribution is 5.91. The topological polar surface area (TPSA) is 51.9 Å². The zero-order valence-corrected chi connectivity index (χ0v) is 15.0. The van der Waals surface area contributed by atoms with Crippen LogP contribution in [0.25, 0.3) is 0 Å². The number of aryl methyl sites for hydroxylation is 1. The predicted octanol–water partition coefficient (Wildman–Crippen LogP) is 4.28. The van der Waals surface area contributed by atoms with Crippen molar-refractivity contribution in [3.05, 3.63) is 83.8 Å². The molecule has 1 aliphatic rings. The van der Waals surface area contributed by atoms with Gasteiger partial charge in [0.25, 0.3) is 5.91 Å². The molecule has 3 aromatic rings. The smallest absolute Gasteiger partial charge is 0.289 e. The predicted molar refractivity (Wildman–Crippen MR) is 101 cm³/mol. The highest BCUT2D eigenvalue weighted by Gasteiger charge is 2.23. The molecule has 0 N–H and O–H groups in total. The molecule has 1 aliphatic heterocycles. The molecule has 5 nitrogen and oxygen atoms in total.